The van der Waals surface area contributed by atoms with Gasteiger partial charge in [0, 0.05) is 11.6 Å². The SMILES string of the molecule is CCNCc1ccc(Oc2ccccc2CC)cc1Cl. The van der Waals surface area contributed by atoms with Gasteiger partial charge < -0.3 is 10.1 Å². The summed E-state index contributed by atoms with van der Waals surface area (Å²) in [6, 6.07) is 13.9. The highest BCUT2D eigenvalue weighted by Crippen LogP contribution is 2.29. The van der Waals surface area contributed by atoms with Crippen LogP contribution in [0, 0.1) is 0 Å². The van der Waals surface area contributed by atoms with E-state index in [1.54, 1.807) is 0 Å². The standard InChI is InChI=1S/C17H20ClNO/c1-3-13-7-5-6-8-17(13)20-15-10-9-14(12-19-4-2)16(18)11-15/h5-11,19H,3-4,12H2,1-2H3. The van der Waals surface area contributed by atoms with Crippen LogP contribution in [0.4, 0.5) is 0 Å². The van der Waals surface area contributed by atoms with E-state index in [1.165, 1.54) is 5.56 Å². The molecule has 0 heterocycles. The highest BCUT2D eigenvalue weighted by Gasteiger charge is 2.05. The topological polar surface area (TPSA) is 21.3 Å². The summed E-state index contributed by atoms with van der Waals surface area (Å²) in [4.78, 5) is 0. The molecule has 0 unspecified atom stereocenters. The lowest BCUT2D eigenvalue weighted by Crippen LogP contribution is -2.11. The van der Waals surface area contributed by atoms with Gasteiger partial charge in [-0.15, -0.1) is 0 Å². The molecule has 2 aromatic carbocycles. The molecule has 0 fully saturated rings. The summed E-state index contributed by atoms with van der Waals surface area (Å²) in [6.07, 6.45) is 0.947. The summed E-state index contributed by atoms with van der Waals surface area (Å²) in [6.45, 7) is 5.90. The monoisotopic (exact) mass is 289 g/mol. The van der Waals surface area contributed by atoms with Crippen LogP contribution in [0.2, 0.25) is 5.02 Å². The van der Waals surface area contributed by atoms with Crippen molar-refractivity contribution >= 4 is 11.6 Å². The Balaban J connectivity index is 2.16. The van der Waals surface area contributed by atoms with E-state index < -0.39 is 0 Å². The Labute approximate surface area is 125 Å². The van der Waals surface area contributed by atoms with Gasteiger partial charge in [0.05, 0.1) is 0 Å². The van der Waals surface area contributed by atoms with Gasteiger partial charge >= 0.3 is 0 Å². The molecule has 0 aliphatic carbocycles. The number of para-hydroxylation sites is 1. The summed E-state index contributed by atoms with van der Waals surface area (Å²) in [5.41, 5.74) is 2.28. The minimum absolute atomic E-state index is 0.734. The second-order valence-electron chi connectivity index (χ2n) is 4.60. The molecule has 2 nitrogen and oxygen atoms in total. The zero-order valence-electron chi connectivity index (χ0n) is 11.9. The quantitative estimate of drug-likeness (QED) is 0.824. The Morgan fingerprint density at radius 3 is 2.55 bits per heavy atom. The largest absolute Gasteiger partial charge is 0.457 e. The molecule has 3 heteroatoms. The molecule has 106 valence electrons. The number of aryl methyl sites for hydroxylation is 1. The van der Waals surface area contributed by atoms with Crippen molar-refractivity contribution in [3.05, 3.63) is 58.6 Å². The van der Waals surface area contributed by atoms with E-state index in [4.69, 9.17) is 16.3 Å². The summed E-state index contributed by atoms with van der Waals surface area (Å²) >= 11 is 6.29. The van der Waals surface area contributed by atoms with E-state index >= 15 is 0 Å². The molecule has 0 atom stereocenters. The first-order valence-electron chi connectivity index (χ1n) is 6.99. The van der Waals surface area contributed by atoms with Crippen LogP contribution in [0.1, 0.15) is 25.0 Å². The maximum absolute atomic E-state index is 6.29. The fourth-order valence-corrected chi connectivity index (χ4v) is 2.25. The van der Waals surface area contributed by atoms with Gasteiger partial charge in [-0.3, -0.25) is 0 Å². The van der Waals surface area contributed by atoms with E-state index in [-0.39, 0.29) is 0 Å². The third-order valence-electron chi connectivity index (χ3n) is 3.17. The molecule has 0 radical (unpaired) electrons. The Kier molecular flexibility index (Phi) is 5.45. The lowest BCUT2D eigenvalue weighted by Gasteiger charge is -2.11. The number of nitrogens with one attached hydrogen (secondary N) is 1. The molecule has 0 aromatic heterocycles. The van der Waals surface area contributed by atoms with Crippen molar-refractivity contribution in [2.24, 2.45) is 0 Å². The van der Waals surface area contributed by atoms with Gasteiger partial charge in [-0.1, -0.05) is 49.7 Å². The fourth-order valence-electron chi connectivity index (χ4n) is 2.02. The van der Waals surface area contributed by atoms with Gasteiger partial charge in [-0.05, 0) is 42.3 Å². The maximum Gasteiger partial charge on any atom is 0.130 e. The second-order valence-corrected chi connectivity index (χ2v) is 5.00. The minimum Gasteiger partial charge on any atom is -0.457 e. The molecule has 2 aromatic rings. The van der Waals surface area contributed by atoms with Crippen molar-refractivity contribution in [2.45, 2.75) is 26.8 Å². The lowest BCUT2D eigenvalue weighted by atomic mass is 10.1. The third kappa shape index (κ3) is 3.75. The predicted molar refractivity (Wildman–Crippen MR) is 84.7 cm³/mol. The summed E-state index contributed by atoms with van der Waals surface area (Å²) < 4.78 is 5.94. The summed E-state index contributed by atoms with van der Waals surface area (Å²) in [5, 5.41) is 4.00. The first-order chi connectivity index (χ1) is 9.74. The normalized spacial score (nSPS) is 10.6. The highest BCUT2D eigenvalue weighted by atomic mass is 35.5. The molecule has 0 bridgehead atoms. The first-order valence-corrected chi connectivity index (χ1v) is 7.37. The van der Waals surface area contributed by atoms with E-state index in [1.807, 2.05) is 36.4 Å². The Hall–Kier alpha value is -1.51. The molecule has 20 heavy (non-hydrogen) atoms. The molecule has 0 aliphatic heterocycles. The first kappa shape index (κ1) is 14.9. The number of benzene rings is 2. The van der Waals surface area contributed by atoms with Gasteiger partial charge in [0.25, 0.3) is 0 Å². The van der Waals surface area contributed by atoms with E-state index in [0.717, 1.165) is 41.6 Å². The Morgan fingerprint density at radius 1 is 1.05 bits per heavy atom. The van der Waals surface area contributed by atoms with Crippen molar-refractivity contribution in [2.75, 3.05) is 6.54 Å². The van der Waals surface area contributed by atoms with E-state index in [9.17, 15) is 0 Å². The van der Waals surface area contributed by atoms with E-state index in [2.05, 4.69) is 25.2 Å². The smallest absolute Gasteiger partial charge is 0.130 e. The zero-order chi connectivity index (χ0) is 14.4. The number of hydrogen-bond acceptors (Lipinski definition) is 2. The molecule has 0 saturated carbocycles. The van der Waals surface area contributed by atoms with Gasteiger partial charge in [0.2, 0.25) is 0 Å². The van der Waals surface area contributed by atoms with Crippen LogP contribution in [0.5, 0.6) is 11.5 Å². The molecule has 2 rings (SSSR count). The zero-order valence-corrected chi connectivity index (χ0v) is 12.7. The van der Waals surface area contributed by atoms with Crippen LogP contribution in [-0.4, -0.2) is 6.54 Å². The highest BCUT2D eigenvalue weighted by molar-refractivity contribution is 6.31. The second kappa shape index (κ2) is 7.32. The number of hydrogen-bond donors (Lipinski definition) is 1. The third-order valence-corrected chi connectivity index (χ3v) is 3.52. The van der Waals surface area contributed by atoms with Crippen molar-refractivity contribution < 1.29 is 4.74 Å². The van der Waals surface area contributed by atoms with Crippen molar-refractivity contribution in [3.8, 4) is 11.5 Å². The molecular formula is C17H20ClNO. The molecular weight excluding hydrogens is 270 g/mol. The molecule has 0 saturated heterocycles. The van der Waals surface area contributed by atoms with Crippen LogP contribution >= 0.6 is 11.6 Å². The summed E-state index contributed by atoms with van der Waals surface area (Å²) in [7, 11) is 0. The van der Waals surface area contributed by atoms with Crippen LogP contribution in [0.3, 0.4) is 0 Å². The Bertz CT molecular complexity index is 569. The fraction of sp³-hybridized carbons (Fsp3) is 0.294. The number of ether oxygens (including phenoxy) is 1. The van der Waals surface area contributed by atoms with Crippen molar-refractivity contribution in [3.63, 3.8) is 0 Å². The average Bonchev–Trinajstić information content (AvgIpc) is 2.47. The lowest BCUT2D eigenvalue weighted by molar-refractivity contribution is 0.476. The van der Waals surface area contributed by atoms with Crippen LogP contribution in [-0.2, 0) is 13.0 Å². The number of halogens is 1. The van der Waals surface area contributed by atoms with Crippen LogP contribution in [0.25, 0.3) is 0 Å². The van der Waals surface area contributed by atoms with E-state index in [0.29, 0.717) is 0 Å². The van der Waals surface area contributed by atoms with Crippen molar-refractivity contribution in [1.29, 1.82) is 0 Å². The van der Waals surface area contributed by atoms with Gasteiger partial charge in [0.15, 0.2) is 0 Å². The predicted octanol–water partition coefficient (Wildman–Crippen LogP) is 4.80. The van der Waals surface area contributed by atoms with Gasteiger partial charge in [-0.2, -0.15) is 0 Å². The van der Waals surface area contributed by atoms with Crippen LogP contribution < -0.4 is 10.1 Å². The average molecular weight is 290 g/mol. The van der Waals surface area contributed by atoms with Crippen molar-refractivity contribution in [1.82, 2.24) is 5.32 Å². The maximum atomic E-state index is 6.29. The minimum atomic E-state index is 0.734. The van der Waals surface area contributed by atoms with Gasteiger partial charge in [-0.25, -0.2) is 0 Å². The summed E-state index contributed by atoms with van der Waals surface area (Å²) in [5.74, 6) is 1.67. The van der Waals surface area contributed by atoms with Crippen LogP contribution in [0.15, 0.2) is 42.5 Å². The molecule has 0 spiro atoms. The molecule has 0 amide bonds. The molecule has 0 aliphatic rings. The molecule has 1 N–H and O–H groups in total. The number of rotatable bonds is 6. The Morgan fingerprint density at radius 2 is 1.85 bits per heavy atom. The van der Waals surface area contributed by atoms with Gasteiger partial charge in [0.1, 0.15) is 11.5 Å².